The zero-order valence-electron chi connectivity index (χ0n) is 19.9. The second-order valence-corrected chi connectivity index (χ2v) is 9.67. The second kappa shape index (κ2) is 12.6. The number of rotatable bonds is 7. The van der Waals surface area contributed by atoms with E-state index in [1.54, 1.807) is 0 Å². The third kappa shape index (κ3) is 7.34. The third-order valence-electron chi connectivity index (χ3n) is 4.99. The molecule has 1 fully saturated rings. The van der Waals surface area contributed by atoms with Crippen molar-refractivity contribution >= 4 is 51.9 Å². The van der Waals surface area contributed by atoms with Crippen molar-refractivity contribution in [2.75, 3.05) is 48.8 Å². The van der Waals surface area contributed by atoms with Crippen LogP contribution in [0.25, 0.3) is 0 Å². The summed E-state index contributed by atoms with van der Waals surface area (Å²) in [6, 6.07) is 5.84. The van der Waals surface area contributed by atoms with Gasteiger partial charge in [0.25, 0.3) is 0 Å². The minimum Gasteiger partial charge on any atom is -0.387 e. The Morgan fingerprint density at radius 3 is 2.59 bits per heavy atom. The number of piperazine rings is 1. The van der Waals surface area contributed by atoms with Crippen LogP contribution in [0.3, 0.4) is 0 Å². The molecule has 1 aliphatic heterocycles. The number of nitrogens with one attached hydrogen (secondary N) is 3. The normalized spacial score (nSPS) is 13.3. The molecule has 4 rings (SSSR count). The van der Waals surface area contributed by atoms with Crippen LogP contribution in [0, 0.1) is 12.8 Å². The summed E-state index contributed by atoms with van der Waals surface area (Å²) in [6.07, 6.45) is 3.10. The minimum atomic E-state index is 0.456. The van der Waals surface area contributed by atoms with E-state index in [0.29, 0.717) is 27.8 Å². The molecule has 1 saturated heterocycles. The fourth-order valence-electron chi connectivity index (χ4n) is 3.37. The molecule has 11 heteroatoms. The Bertz CT molecular complexity index is 1060. The van der Waals surface area contributed by atoms with Gasteiger partial charge in [-0.05, 0) is 24.5 Å². The van der Waals surface area contributed by atoms with Crippen LogP contribution >= 0.6 is 22.9 Å². The number of thiazole rings is 1. The average molecular weight is 503 g/mol. The molecule has 2 aromatic heterocycles. The Labute approximate surface area is 209 Å². The lowest BCUT2D eigenvalue weighted by atomic mass is 10.1. The zero-order valence-corrected chi connectivity index (χ0v) is 21.5. The number of halogens is 1. The minimum absolute atomic E-state index is 0.456. The first-order chi connectivity index (χ1) is 16.4. The number of aromatic nitrogens is 4. The van der Waals surface area contributed by atoms with Gasteiger partial charge in [0.05, 0.1) is 21.8 Å². The van der Waals surface area contributed by atoms with E-state index in [1.165, 1.54) is 23.1 Å². The highest BCUT2D eigenvalue weighted by Gasteiger charge is 2.17. The molecule has 3 aromatic rings. The Balaban J connectivity index is 0.000000271. The Morgan fingerprint density at radius 2 is 2.00 bits per heavy atom. The third-order valence-corrected chi connectivity index (χ3v) is 6.14. The molecule has 1 aliphatic rings. The summed E-state index contributed by atoms with van der Waals surface area (Å²) in [5.41, 5.74) is 2.19. The maximum Gasteiger partial charge on any atom is 0.234 e. The lowest BCUT2D eigenvalue weighted by Gasteiger charge is -2.27. The lowest BCUT2D eigenvalue weighted by Crippen LogP contribution is -2.44. The van der Waals surface area contributed by atoms with Gasteiger partial charge in [0.1, 0.15) is 5.82 Å². The van der Waals surface area contributed by atoms with E-state index in [4.69, 9.17) is 11.6 Å². The van der Waals surface area contributed by atoms with Crippen molar-refractivity contribution in [1.29, 1.82) is 0 Å². The largest absolute Gasteiger partial charge is 0.387 e. The molecular weight excluding hydrogens is 472 g/mol. The van der Waals surface area contributed by atoms with Crippen molar-refractivity contribution in [3.63, 3.8) is 0 Å². The molecule has 0 bridgehead atoms. The molecule has 3 heterocycles. The number of anilines is 4. The van der Waals surface area contributed by atoms with E-state index in [2.05, 4.69) is 54.6 Å². The molecule has 0 saturated carbocycles. The predicted octanol–water partition coefficient (Wildman–Crippen LogP) is 4.18. The number of carbonyl (C=O) groups excluding carboxylic acids is 1. The van der Waals surface area contributed by atoms with Crippen LogP contribution in [0.5, 0.6) is 0 Å². The van der Waals surface area contributed by atoms with Gasteiger partial charge in [0.2, 0.25) is 11.9 Å². The van der Waals surface area contributed by atoms with Gasteiger partial charge in [0.15, 0.2) is 11.4 Å². The average Bonchev–Trinajstić information content (AvgIpc) is 3.27. The number of para-hydroxylation sites is 1. The van der Waals surface area contributed by atoms with Gasteiger partial charge in [-0.25, -0.2) is 4.98 Å². The molecular formula is C23H31ClN8OS. The standard InChI is InChI=1S/C15H21N7OS.C8H10ClN/c1-10(2)7-12-18-13(21-15-17-8-11(9-23)24-15)20-14(19-12)22-5-3-16-4-6-22;1-6-4-3-5-7(9)8(6)10-2/h8-10,16H,3-7H2,1-2H3,(H,17,18,19,20,21);3-5,10H,1-2H3. The Hall–Kier alpha value is -2.82. The number of benzene rings is 1. The van der Waals surface area contributed by atoms with Crippen molar-refractivity contribution in [3.8, 4) is 0 Å². The van der Waals surface area contributed by atoms with Gasteiger partial charge < -0.3 is 15.5 Å². The first-order valence-electron chi connectivity index (χ1n) is 11.2. The molecule has 3 N–H and O–H groups in total. The number of carbonyl (C=O) groups is 1. The van der Waals surface area contributed by atoms with Crippen molar-refractivity contribution < 1.29 is 4.79 Å². The Morgan fingerprint density at radius 1 is 1.24 bits per heavy atom. The second-order valence-electron chi connectivity index (χ2n) is 8.20. The van der Waals surface area contributed by atoms with Crippen LogP contribution < -0.4 is 20.9 Å². The van der Waals surface area contributed by atoms with Crippen LogP contribution in [-0.2, 0) is 6.42 Å². The van der Waals surface area contributed by atoms with Gasteiger partial charge in [-0.3, -0.25) is 10.1 Å². The molecule has 0 unspecified atom stereocenters. The lowest BCUT2D eigenvalue weighted by molar-refractivity contribution is 0.112. The highest BCUT2D eigenvalue weighted by Crippen LogP contribution is 2.24. The van der Waals surface area contributed by atoms with E-state index in [9.17, 15) is 4.79 Å². The van der Waals surface area contributed by atoms with Crippen molar-refractivity contribution in [3.05, 3.63) is 45.7 Å². The SMILES string of the molecule is CC(C)Cc1nc(Nc2ncc(C=O)s2)nc(N2CCNCC2)n1.CNc1c(C)cccc1Cl. The molecule has 0 spiro atoms. The van der Waals surface area contributed by atoms with Crippen molar-refractivity contribution in [2.45, 2.75) is 27.2 Å². The summed E-state index contributed by atoms with van der Waals surface area (Å²) < 4.78 is 0. The summed E-state index contributed by atoms with van der Waals surface area (Å²) in [4.78, 5) is 31.4. The first kappa shape index (κ1) is 25.8. The van der Waals surface area contributed by atoms with Gasteiger partial charge in [-0.2, -0.15) is 15.0 Å². The number of nitrogens with zero attached hydrogens (tertiary/aromatic N) is 5. The number of aryl methyl sites for hydroxylation is 1. The fraction of sp³-hybridized carbons (Fsp3) is 0.435. The molecule has 0 atom stereocenters. The van der Waals surface area contributed by atoms with E-state index in [-0.39, 0.29) is 0 Å². The van der Waals surface area contributed by atoms with Gasteiger partial charge in [-0.15, -0.1) is 0 Å². The molecule has 0 amide bonds. The van der Waals surface area contributed by atoms with Crippen LogP contribution in [-0.4, -0.2) is 59.4 Å². The highest BCUT2D eigenvalue weighted by molar-refractivity contribution is 7.17. The smallest absolute Gasteiger partial charge is 0.234 e. The summed E-state index contributed by atoms with van der Waals surface area (Å²) >= 11 is 7.14. The summed E-state index contributed by atoms with van der Waals surface area (Å²) in [6.45, 7) is 9.88. The van der Waals surface area contributed by atoms with E-state index in [1.807, 2.05) is 32.2 Å². The monoisotopic (exact) mass is 502 g/mol. The molecule has 182 valence electrons. The molecule has 34 heavy (non-hydrogen) atoms. The van der Waals surface area contributed by atoms with E-state index >= 15 is 0 Å². The highest BCUT2D eigenvalue weighted by atomic mass is 35.5. The van der Waals surface area contributed by atoms with E-state index < -0.39 is 0 Å². The maximum atomic E-state index is 10.8. The Kier molecular flexibility index (Phi) is 9.55. The summed E-state index contributed by atoms with van der Waals surface area (Å²) in [7, 11) is 1.87. The maximum absolute atomic E-state index is 10.8. The van der Waals surface area contributed by atoms with Crippen LogP contribution in [0.15, 0.2) is 24.4 Å². The molecule has 9 nitrogen and oxygen atoms in total. The fourth-order valence-corrected chi connectivity index (χ4v) is 4.31. The van der Waals surface area contributed by atoms with Crippen molar-refractivity contribution in [1.82, 2.24) is 25.3 Å². The van der Waals surface area contributed by atoms with Crippen LogP contribution in [0.2, 0.25) is 5.02 Å². The van der Waals surface area contributed by atoms with E-state index in [0.717, 1.165) is 55.4 Å². The number of aldehydes is 1. The summed E-state index contributed by atoms with van der Waals surface area (Å²) in [5, 5.41) is 10.8. The molecule has 1 aromatic carbocycles. The topological polar surface area (TPSA) is 108 Å². The van der Waals surface area contributed by atoms with Crippen LogP contribution in [0.1, 0.15) is 34.9 Å². The van der Waals surface area contributed by atoms with Crippen LogP contribution in [0.4, 0.5) is 22.7 Å². The van der Waals surface area contributed by atoms with Gasteiger partial charge in [0, 0.05) is 39.6 Å². The number of hydrogen-bond donors (Lipinski definition) is 3. The molecule has 0 radical (unpaired) electrons. The van der Waals surface area contributed by atoms with Crippen molar-refractivity contribution in [2.24, 2.45) is 5.92 Å². The summed E-state index contributed by atoms with van der Waals surface area (Å²) in [5.74, 6) is 2.39. The first-order valence-corrected chi connectivity index (χ1v) is 12.4. The quantitative estimate of drug-likeness (QED) is 0.410. The molecule has 0 aliphatic carbocycles. The predicted molar refractivity (Wildman–Crippen MR) is 140 cm³/mol. The van der Waals surface area contributed by atoms with Gasteiger partial charge in [-0.1, -0.05) is 48.9 Å². The number of hydrogen-bond acceptors (Lipinski definition) is 10. The van der Waals surface area contributed by atoms with Gasteiger partial charge >= 0.3 is 0 Å². The zero-order chi connectivity index (χ0) is 24.5.